The number of hydrogen-bond acceptors (Lipinski definition) is 2. The first-order chi connectivity index (χ1) is 10.0. The van der Waals surface area contributed by atoms with Crippen LogP contribution in [0, 0.1) is 5.82 Å². The summed E-state index contributed by atoms with van der Waals surface area (Å²) in [6.07, 6.45) is -2.03. The van der Waals surface area contributed by atoms with E-state index < -0.39 is 18.8 Å². The summed E-state index contributed by atoms with van der Waals surface area (Å²) in [6.45, 7) is -0.260. The van der Waals surface area contributed by atoms with Crippen LogP contribution in [0.3, 0.4) is 0 Å². The molecule has 0 saturated heterocycles. The zero-order valence-corrected chi connectivity index (χ0v) is 12.5. The lowest BCUT2D eigenvalue weighted by Gasteiger charge is -2.09. The molecule has 1 aromatic heterocycles. The minimum absolute atomic E-state index is 0.0153. The van der Waals surface area contributed by atoms with Crippen molar-refractivity contribution in [3.05, 3.63) is 28.8 Å². The van der Waals surface area contributed by atoms with Crippen molar-refractivity contribution in [2.45, 2.75) is 19.4 Å². The van der Waals surface area contributed by atoms with Gasteiger partial charge >= 0.3 is 0 Å². The number of halogens is 5. The smallest absolute Gasteiger partial charge is 0.261 e. The summed E-state index contributed by atoms with van der Waals surface area (Å²) < 4.78 is 44.2. The molecule has 0 aliphatic rings. The van der Waals surface area contributed by atoms with Gasteiger partial charge in [-0.3, -0.25) is 0 Å². The topological polar surface area (TPSA) is 27.1 Å². The average Bonchev–Trinajstić information content (AvgIpc) is 2.73. The van der Waals surface area contributed by atoms with Gasteiger partial charge in [0.25, 0.3) is 6.43 Å². The van der Waals surface area contributed by atoms with Crippen molar-refractivity contribution < 1.29 is 17.9 Å². The molecule has 0 bridgehead atoms. The van der Waals surface area contributed by atoms with Gasteiger partial charge in [-0.1, -0.05) is 11.6 Å². The maximum absolute atomic E-state index is 13.6. The minimum Gasteiger partial charge on any atom is -0.374 e. The van der Waals surface area contributed by atoms with Gasteiger partial charge in [-0.25, -0.2) is 18.2 Å². The lowest BCUT2D eigenvalue weighted by atomic mass is 10.3. The Kier molecular flexibility index (Phi) is 5.72. The van der Waals surface area contributed by atoms with E-state index in [2.05, 4.69) is 4.98 Å². The molecule has 3 nitrogen and oxygen atoms in total. The number of imidazole rings is 1. The number of aromatic nitrogens is 2. The van der Waals surface area contributed by atoms with Gasteiger partial charge in [-0.15, -0.1) is 11.6 Å². The third-order valence-electron chi connectivity index (χ3n) is 2.89. The van der Waals surface area contributed by atoms with E-state index in [-0.39, 0.29) is 18.2 Å². The van der Waals surface area contributed by atoms with Crippen molar-refractivity contribution in [1.29, 1.82) is 0 Å². The molecule has 21 heavy (non-hydrogen) atoms. The molecule has 0 spiro atoms. The summed E-state index contributed by atoms with van der Waals surface area (Å²) in [5, 5.41) is -0.0153. The number of fused-ring (bicyclic) bond motifs is 1. The molecule has 0 aliphatic heterocycles. The van der Waals surface area contributed by atoms with Gasteiger partial charge in [-0.2, -0.15) is 0 Å². The summed E-state index contributed by atoms with van der Waals surface area (Å²) in [4.78, 5) is 4.34. The monoisotopic (exact) mass is 340 g/mol. The molecule has 0 radical (unpaired) electrons. The zero-order chi connectivity index (χ0) is 15.4. The molecule has 0 amide bonds. The molecule has 1 heterocycles. The number of benzene rings is 1. The summed E-state index contributed by atoms with van der Waals surface area (Å²) in [7, 11) is 0. The van der Waals surface area contributed by atoms with Crippen molar-refractivity contribution in [2.75, 3.05) is 19.1 Å². The Labute approximate surface area is 129 Å². The fraction of sp³-hybridized carbons (Fsp3) is 0.462. The third-order valence-corrected chi connectivity index (χ3v) is 3.37. The molecule has 0 N–H and O–H groups in total. The van der Waals surface area contributed by atoms with Crippen molar-refractivity contribution >= 4 is 34.2 Å². The zero-order valence-electron chi connectivity index (χ0n) is 11.0. The highest BCUT2D eigenvalue weighted by Gasteiger charge is 2.13. The van der Waals surface area contributed by atoms with Crippen molar-refractivity contribution in [2.24, 2.45) is 0 Å². The van der Waals surface area contributed by atoms with Crippen molar-refractivity contribution in [3.8, 4) is 0 Å². The van der Waals surface area contributed by atoms with Crippen molar-refractivity contribution in [3.63, 3.8) is 0 Å². The highest BCUT2D eigenvalue weighted by Crippen LogP contribution is 2.24. The molecule has 0 atom stereocenters. The van der Waals surface area contributed by atoms with Crippen LogP contribution in [-0.2, 0) is 17.7 Å². The first kappa shape index (κ1) is 16.4. The second kappa shape index (κ2) is 7.33. The maximum atomic E-state index is 13.6. The summed E-state index contributed by atoms with van der Waals surface area (Å²) in [5.74, 6) is 0.427. The van der Waals surface area contributed by atoms with Gasteiger partial charge in [0.05, 0.1) is 22.7 Å². The largest absolute Gasteiger partial charge is 0.374 e. The van der Waals surface area contributed by atoms with Crippen molar-refractivity contribution in [1.82, 2.24) is 9.55 Å². The molecule has 0 aliphatic carbocycles. The Hall–Kier alpha value is -0.980. The number of nitrogens with zero attached hydrogens (tertiary/aromatic N) is 2. The maximum Gasteiger partial charge on any atom is 0.261 e. The van der Waals surface area contributed by atoms with Crippen LogP contribution in [0.25, 0.3) is 11.0 Å². The Morgan fingerprint density at radius 3 is 2.76 bits per heavy atom. The predicted molar refractivity (Wildman–Crippen MR) is 75.9 cm³/mol. The van der Waals surface area contributed by atoms with E-state index in [4.69, 9.17) is 27.9 Å². The lowest BCUT2D eigenvalue weighted by molar-refractivity contribution is 0.0148. The van der Waals surface area contributed by atoms with E-state index in [0.29, 0.717) is 29.2 Å². The van der Waals surface area contributed by atoms with E-state index >= 15 is 0 Å². The second-order valence-corrected chi connectivity index (χ2v) is 5.12. The highest BCUT2D eigenvalue weighted by molar-refractivity contribution is 6.31. The summed E-state index contributed by atoms with van der Waals surface area (Å²) in [5.41, 5.74) is 1.08. The van der Waals surface area contributed by atoms with Crippen LogP contribution in [0.4, 0.5) is 13.2 Å². The van der Waals surface area contributed by atoms with Gasteiger partial charge in [0, 0.05) is 24.9 Å². The second-order valence-electron chi connectivity index (χ2n) is 4.34. The first-order valence-electron chi connectivity index (χ1n) is 6.29. The van der Waals surface area contributed by atoms with Gasteiger partial charge in [0.15, 0.2) is 0 Å². The highest BCUT2D eigenvalue weighted by atomic mass is 35.5. The van der Waals surface area contributed by atoms with Crippen LogP contribution < -0.4 is 0 Å². The molecule has 0 unspecified atom stereocenters. The summed E-state index contributed by atoms with van der Waals surface area (Å²) in [6, 6.07) is 2.70. The predicted octanol–water partition coefficient (Wildman–Crippen LogP) is 3.89. The Morgan fingerprint density at radius 1 is 1.33 bits per heavy atom. The van der Waals surface area contributed by atoms with Crippen LogP contribution >= 0.6 is 23.2 Å². The SMILES string of the molecule is Fc1cc2c(cc1Cl)nc(CCCl)n2CCOCC(F)F. The van der Waals surface area contributed by atoms with E-state index in [1.165, 1.54) is 12.1 Å². The van der Waals surface area contributed by atoms with Gasteiger partial charge in [-0.05, 0) is 6.07 Å². The van der Waals surface area contributed by atoms with Crippen LogP contribution in [0.1, 0.15) is 5.82 Å². The number of rotatable bonds is 7. The van der Waals surface area contributed by atoms with Crippen LogP contribution in [0.5, 0.6) is 0 Å². The molecule has 8 heteroatoms. The molecule has 0 saturated carbocycles. The molecule has 1 aromatic carbocycles. The molecule has 116 valence electrons. The number of alkyl halides is 3. The summed E-state index contributed by atoms with van der Waals surface area (Å²) >= 11 is 11.4. The number of aryl methyl sites for hydroxylation is 1. The normalized spacial score (nSPS) is 11.7. The van der Waals surface area contributed by atoms with E-state index in [1.54, 1.807) is 4.57 Å². The molecule has 2 rings (SSSR count). The van der Waals surface area contributed by atoms with Gasteiger partial charge in [0.1, 0.15) is 18.2 Å². The Bertz CT molecular complexity index is 619. The fourth-order valence-electron chi connectivity index (χ4n) is 2.02. The van der Waals surface area contributed by atoms with Crippen LogP contribution in [0.15, 0.2) is 12.1 Å². The van der Waals surface area contributed by atoms with E-state index in [0.717, 1.165) is 0 Å². The first-order valence-corrected chi connectivity index (χ1v) is 7.20. The number of ether oxygens (including phenoxy) is 1. The van der Waals surface area contributed by atoms with Gasteiger partial charge in [0.2, 0.25) is 0 Å². The van der Waals surface area contributed by atoms with Crippen LogP contribution in [0.2, 0.25) is 5.02 Å². The molecular formula is C13H13Cl2F3N2O. The minimum atomic E-state index is -2.51. The molecule has 0 fully saturated rings. The molecular weight excluding hydrogens is 328 g/mol. The molecule has 2 aromatic rings. The Balaban J connectivity index is 2.25. The fourth-order valence-corrected chi connectivity index (χ4v) is 2.35. The van der Waals surface area contributed by atoms with E-state index in [9.17, 15) is 13.2 Å². The van der Waals surface area contributed by atoms with E-state index in [1.807, 2.05) is 0 Å². The quantitative estimate of drug-likeness (QED) is 0.564. The number of hydrogen-bond donors (Lipinski definition) is 0. The Morgan fingerprint density at radius 2 is 2.10 bits per heavy atom. The average molecular weight is 341 g/mol. The van der Waals surface area contributed by atoms with Gasteiger partial charge < -0.3 is 9.30 Å². The van der Waals surface area contributed by atoms with Crippen LogP contribution in [-0.4, -0.2) is 35.1 Å². The lowest BCUT2D eigenvalue weighted by Crippen LogP contribution is -2.13. The standard InChI is InChI=1S/C13H13Cl2F3N2O/c14-2-1-13-19-10-5-8(15)9(16)6-11(10)20(13)3-4-21-7-12(17)18/h5-6,12H,1-4,7H2. The third kappa shape index (κ3) is 4.02.